The molecule has 0 spiro atoms. The molecule has 1 aromatic rings. The van der Waals surface area contributed by atoms with Gasteiger partial charge in [-0.2, -0.15) is 0 Å². The van der Waals surface area contributed by atoms with Gasteiger partial charge in [-0.05, 0) is 19.1 Å². The number of halogens is 3. The Bertz CT molecular complexity index is 540. The Morgan fingerprint density at radius 3 is 2.43 bits per heavy atom. The molecule has 0 saturated heterocycles. The van der Waals surface area contributed by atoms with Crippen LogP contribution in [-0.2, 0) is 9.53 Å². The number of ether oxygens (including phenoxy) is 1. The Balaban J connectivity index is 3.06. The van der Waals surface area contributed by atoms with Crippen LogP contribution in [0.25, 0.3) is 0 Å². The van der Waals surface area contributed by atoms with Crippen LogP contribution in [0.15, 0.2) is 29.3 Å². The summed E-state index contributed by atoms with van der Waals surface area (Å²) in [4.78, 5) is 24.6. The average Bonchev–Trinajstić information content (AvgIpc) is 2.37. The molecule has 4 nitrogen and oxygen atoms in total. The lowest BCUT2D eigenvalue weighted by atomic mass is 10.1. The number of nitrogens with zero attached hydrogens (tertiary/aromatic N) is 1. The molecule has 0 saturated carbocycles. The van der Waals surface area contributed by atoms with Crippen LogP contribution < -0.4 is 0 Å². The van der Waals surface area contributed by atoms with Gasteiger partial charge in [0.15, 0.2) is 0 Å². The molecule has 0 bridgehead atoms. The summed E-state index contributed by atoms with van der Waals surface area (Å²) in [6.07, 6.45) is 1.35. The maximum Gasteiger partial charge on any atom is 0.325 e. The van der Waals surface area contributed by atoms with E-state index in [9.17, 15) is 18.4 Å². The molecule has 21 heavy (non-hydrogen) atoms. The van der Waals surface area contributed by atoms with Crippen LogP contribution in [0.4, 0.5) is 8.78 Å². The zero-order valence-corrected chi connectivity index (χ0v) is 13.0. The fourth-order valence-electron chi connectivity index (χ4n) is 1.64. The molecule has 114 valence electrons. The van der Waals surface area contributed by atoms with Crippen molar-refractivity contribution in [3.63, 3.8) is 0 Å². The first-order valence-electron chi connectivity index (χ1n) is 6.11. The number of hydrogen-bond acceptors (Lipinski definition) is 3. The zero-order valence-electron chi connectivity index (χ0n) is 11.4. The summed E-state index contributed by atoms with van der Waals surface area (Å²) >= 11 is 2.93. The van der Waals surface area contributed by atoms with E-state index in [0.29, 0.717) is 0 Å². The highest BCUT2D eigenvalue weighted by atomic mass is 79.9. The number of rotatable bonds is 6. The number of amides is 1. The maximum absolute atomic E-state index is 13.8. The normalized spacial score (nSPS) is 10.1. The molecular weight excluding hydrogens is 348 g/mol. The lowest BCUT2D eigenvalue weighted by Crippen LogP contribution is -2.37. The molecule has 0 unspecified atom stereocenters. The molecule has 1 aromatic carbocycles. The van der Waals surface area contributed by atoms with Crippen molar-refractivity contribution >= 4 is 27.8 Å². The number of benzene rings is 1. The van der Waals surface area contributed by atoms with Gasteiger partial charge in [-0.1, -0.05) is 22.0 Å². The minimum absolute atomic E-state index is 0.0351. The Morgan fingerprint density at radius 1 is 1.38 bits per heavy atom. The second-order valence-corrected chi connectivity index (χ2v) is 4.94. The second-order valence-electron chi connectivity index (χ2n) is 4.02. The highest BCUT2D eigenvalue weighted by Crippen LogP contribution is 2.21. The van der Waals surface area contributed by atoms with Gasteiger partial charge in [-0.25, -0.2) is 8.78 Å². The topological polar surface area (TPSA) is 46.6 Å². The van der Waals surface area contributed by atoms with Crippen LogP contribution in [0.5, 0.6) is 0 Å². The summed E-state index contributed by atoms with van der Waals surface area (Å²) in [5.74, 6) is -3.62. The van der Waals surface area contributed by atoms with Crippen molar-refractivity contribution in [2.45, 2.75) is 6.92 Å². The van der Waals surface area contributed by atoms with Gasteiger partial charge in [-0.15, -0.1) is 6.58 Å². The minimum atomic E-state index is -1.01. The summed E-state index contributed by atoms with van der Waals surface area (Å²) in [5.41, 5.74) is -0.718. The molecule has 0 heterocycles. The molecule has 0 aromatic heterocycles. The molecule has 0 aliphatic rings. The van der Waals surface area contributed by atoms with Crippen molar-refractivity contribution in [1.82, 2.24) is 4.90 Å². The predicted octanol–water partition coefficient (Wildman–Crippen LogP) is 2.92. The molecule has 0 fully saturated rings. The van der Waals surface area contributed by atoms with E-state index in [1.165, 1.54) is 6.08 Å². The summed E-state index contributed by atoms with van der Waals surface area (Å²) in [6, 6.07) is 1.96. The van der Waals surface area contributed by atoms with Crippen LogP contribution in [0, 0.1) is 11.6 Å². The zero-order chi connectivity index (χ0) is 16.0. The van der Waals surface area contributed by atoms with E-state index in [1.807, 2.05) is 0 Å². The van der Waals surface area contributed by atoms with E-state index in [1.54, 1.807) is 6.92 Å². The van der Waals surface area contributed by atoms with Crippen molar-refractivity contribution in [2.24, 2.45) is 0 Å². The van der Waals surface area contributed by atoms with E-state index in [0.717, 1.165) is 17.0 Å². The lowest BCUT2D eigenvalue weighted by Gasteiger charge is -2.20. The molecular formula is C14H14BrF2NO3. The van der Waals surface area contributed by atoms with Gasteiger partial charge in [0.25, 0.3) is 5.91 Å². The lowest BCUT2D eigenvalue weighted by molar-refractivity contribution is -0.143. The summed E-state index contributed by atoms with van der Waals surface area (Å²) in [6.45, 7) is 4.77. The van der Waals surface area contributed by atoms with Crippen LogP contribution in [0.3, 0.4) is 0 Å². The van der Waals surface area contributed by atoms with Crippen molar-refractivity contribution in [3.05, 3.63) is 46.5 Å². The van der Waals surface area contributed by atoms with Gasteiger partial charge >= 0.3 is 5.97 Å². The van der Waals surface area contributed by atoms with Gasteiger partial charge in [0.1, 0.15) is 23.7 Å². The monoisotopic (exact) mass is 361 g/mol. The summed E-state index contributed by atoms with van der Waals surface area (Å²) in [5, 5.41) is 0. The third kappa shape index (κ3) is 4.63. The standard InChI is InChI=1S/C14H14BrF2NO3/c1-3-5-18(8-12(19)21-4-2)14(20)13-10(16)6-9(15)7-11(13)17/h3,6-7H,1,4-5,8H2,2H3. The highest BCUT2D eigenvalue weighted by molar-refractivity contribution is 9.10. The Morgan fingerprint density at radius 2 is 1.95 bits per heavy atom. The van der Waals surface area contributed by atoms with Crippen LogP contribution in [0.2, 0.25) is 0 Å². The molecule has 0 radical (unpaired) electrons. The van der Waals surface area contributed by atoms with Crippen LogP contribution in [0.1, 0.15) is 17.3 Å². The Kier molecular flexibility index (Phi) is 6.48. The van der Waals surface area contributed by atoms with E-state index >= 15 is 0 Å². The quantitative estimate of drug-likeness (QED) is 0.578. The van der Waals surface area contributed by atoms with E-state index in [-0.39, 0.29) is 17.6 Å². The van der Waals surface area contributed by atoms with E-state index in [2.05, 4.69) is 22.5 Å². The van der Waals surface area contributed by atoms with Crippen molar-refractivity contribution in [1.29, 1.82) is 0 Å². The number of carbonyl (C=O) groups is 2. The number of esters is 1. The molecule has 1 amide bonds. The third-order valence-electron chi connectivity index (χ3n) is 2.48. The van der Waals surface area contributed by atoms with Gasteiger partial charge in [0, 0.05) is 11.0 Å². The van der Waals surface area contributed by atoms with Gasteiger partial charge < -0.3 is 9.64 Å². The van der Waals surface area contributed by atoms with Crippen LogP contribution >= 0.6 is 15.9 Å². The van der Waals surface area contributed by atoms with Gasteiger partial charge in [-0.3, -0.25) is 9.59 Å². The van der Waals surface area contributed by atoms with Gasteiger partial charge in [0.05, 0.1) is 6.61 Å². The predicted molar refractivity (Wildman–Crippen MR) is 76.8 cm³/mol. The Hall–Kier alpha value is -1.76. The van der Waals surface area contributed by atoms with Crippen molar-refractivity contribution < 1.29 is 23.1 Å². The summed E-state index contributed by atoms with van der Waals surface area (Å²) < 4.78 is 32.5. The van der Waals surface area contributed by atoms with Crippen molar-refractivity contribution in [2.75, 3.05) is 19.7 Å². The average molecular weight is 362 g/mol. The number of hydrogen-bond donors (Lipinski definition) is 0. The maximum atomic E-state index is 13.8. The van der Waals surface area contributed by atoms with E-state index in [4.69, 9.17) is 4.74 Å². The molecule has 0 aliphatic heterocycles. The SMILES string of the molecule is C=CCN(CC(=O)OCC)C(=O)c1c(F)cc(Br)cc1F. The molecule has 0 atom stereocenters. The largest absolute Gasteiger partial charge is 0.465 e. The molecule has 0 N–H and O–H groups in total. The second kappa shape index (κ2) is 7.87. The van der Waals surface area contributed by atoms with E-state index < -0.39 is 35.6 Å². The molecule has 7 heteroatoms. The third-order valence-corrected chi connectivity index (χ3v) is 2.94. The first-order valence-corrected chi connectivity index (χ1v) is 6.90. The summed E-state index contributed by atoms with van der Waals surface area (Å²) in [7, 11) is 0. The minimum Gasteiger partial charge on any atom is -0.465 e. The highest BCUT2D eigenvalue weighted by Gasteiger charge is 2.25. The van der Waals surface area contributed by atoms with Crippen LogP contribution in [-0.4, -0.2) is 36.5 Å². The van der Waals surface area contributed by atoms with Crippen molar-refractivity contribution in [3.8, 4) is 0 Å². The smallest absolute Gasteiger partial charge is 0.325 e. The first kappa shape index (κ1) is 17.3. The first-order chi connectivity index (χ1) is 9.90. The van der Waals surface area contributed by atoms with Gasteiger partial charge in [0.2, 0.25) is 0 Å². The Labute approximate surface area is 129 Å². The number of carbonyl (C=O) groups excluding carboxylic acids is 2. The fourth-order valence-corrected chi connectivity index (χ4v) is 2.04. The fraction of sp³-hybridized carbons (Fsp3) is 0.286. The molecule has 1 rings (SSSR count). The molecule has 0 aliphatic carbocycles.